The molecule has 1 atom stereocenters. The quantitative estimate of drug-likeness (QED) is 0.333. The number of para-hydroxylation sites is 1. The molecule has 0 N–H and O–H groups in total. The van der Waals surface area contributed by atoms with E-state index < -0.39 is 17.5 Å². The van der Waals surface area contributed by atoms with E-state index in [0.29, 0.717) is 35.8 Å². The van der Waals surface area contributed by atoms with Gasteiger partial charge in [0.1, 0.15) is 24.7 Å². The number of benzene rings is 2. The number of amides is 1. The molecule has 0 saturated carbocycles. The number of ether oxygens (including phenoxy) is 5. The number of carbonyl (C=O) groups is 3. The van der Waals surface area contributed by atoms with Crippen molar-refractivity contribution in [2.24, 2.45) is 0 Å². The molecule has 1 aliphatic rings. The highest BCUT2D eigenvalue weighted by Gasteiger charge is 2.48. The summed E-state index contributed by atoms with van der Waals surface area (Å²) in [6.45, 7) is 6.13. The third-order valence-corrected chi connectivity index (χ3v) is 5.53. The zero-order chi connectivity index (χ0) is 25.3. The van der Waals surface area contributed by atoms with Crippen molar-refractivity contribution in [2.75, 3.05) is 33.1 Å². The van der Waals surface area contributed by atoms with Gasteiger partial charge in [0, 0.05) is 6.61 Å². The van der Waals surface area contributed by atoms with Crippen LogP contribution in [-0.2, 0) is 30.4 Å². The number of hydrogen-bond acceptors (Lipinski definition) is 8. The molecule has 0 spiro atoms. The average Bonchev–Trinajstić information content (AvgIpc) is 2.88. The first kappa shape index (κ1) is 26.0. The van der Waals surface area contributed by atoms with Gasteiger partial charge in [-0.05, 0) is 50.1 Å². The summed E-state index contributed by atoms with van der Waals surface area (Å²) >= 11 is 0. The summed E-state index contributed by atoms with van der Waals surface area (Å²) < 4.78 is 27.3. The Balaban J connectivity index is 1.50. The Bertz CT molecular complexity index is 1020. The van der Waals surface area contributed by atoms with E-state index in [1.807, 2.05) is 6.07 Å². The van der Waals surface area contributed by atoms with E-state index in [2.05, 4.69) is 0 Å². The first-order valence-electron chi connectivity index (χ1n) is 11.7. The van der Waals surface area contributed by atoms with Gasteiger partial charge in [-0.2, -0.15) is 0 Å². The summed E-state index contributed by atoms with van der Waals surface area (Å²) in [5.74, 6) is -0.430. The Morgan fingerprint density at radius 2 is 1.69 bits per heavy atom. The SMILES string of the molecule is CCOC(=O)C(CC)(OCC)C(=O)OCc1ccc(OCCN2COc3ccccc3C2=O)cc1. The number of hydrogen-bond donors (Lipinski definition) is 0. The third-order valence-electron chi connectivity index (χ3n) is 5.53. The standard InChI is InChI=1S/C26H31NO8/c1-4-26(35-6-3,24(29)31-5-2)25(30)33-17-19-11-13-20(14-12-19)32-16-15-27-18-34-22-10-8-7-9-21(22)23(27)28/h7-14H,4-6,15-18H2,1-3H3. The van der Waals surface area contributed by atoms with Gasteiger partial charge >= 0.3 is 11.9 Å². The minimum atomic E-state index is -1.77. The Morgan fingerprint density at radius 1 is 0.971 bits per heavy atom. The number of esters is 2. The predicted octanol–water partition coefficient (Wildman–Crippen LogP) is 3.35. The second kappa shape index (κ2) is 12.2. The molecule has 3 rings (SSSR count). The van der Waals surface area contributed by atoms with Crippen molar-refractivity contribution in [1.29, 1.82) is 0 Å². The number of carbonyl (C=O) groups excluding carboxylic acids is 3. The fourth-order valence-electron chi connectivity index (χ4n) is 3.62. The summed E-state index contributed by atoms with van der Waals surface area (Å²) in [6.07, 6.45) is 0.0986. The lowest BCUT2D eigenvalue weighted by Gasteiger charge is -2.28. The van der Waals surface area contributed by atoms with Crippen molar-refractivity contribution in [1.82, 2.24) is 4.90 Å². The van der Waals surface area contributed by atoms with Gasteiger partial charge in [-0.3, -0.25) is 4.79 Å². The van der Waals surface area contributed by atoms with Crippen molar-refractivity contribution < 1.29 is 38.1 Å². The lowest BCUT2D eigenvalue weighted by Crippen LogP contribution is -2.50. The molecule has 0 radical (unpaired) electrons. The van der Waals surface area contributed by atoms with Crippen LogP contribution in [0.25, 0.3) is 0 Å². The lowest BCUT2D eigenvalue weighted by atomic mass is 10.0. The highest BCUT2D eigenvalue weighted by molar-refractivity contribution is 6.03. The molecule has 0 fully saturated rings. The van der Waals surface area contributed by atoms with Crippen LogP contribution in [0.3, 0.4) is 0 Å². The van der Waals surface area contributed by atoms with Crippen LogP contribution in [0.4, 0.5) is 0 Å². The molecule has 1 unspecified atom stereocenters. The van der Waals surface area contributed by atoms with E-state index in [4.69, 9.17) is 23.7 Å². The Kier molecular flexibility index (Phi) is 9.08. The molecule has 1 aliphatic heterocycles. The lowest BCUT2D eigenvalue weighted by molar-refractivity contribution is -0.192. The molecule has 9 heteroatoms. The van der Waals surface area contributed by atoms with Crippen LogP contribution >= 0.6 is 0 Å². The minimum absolute atomic E-state index is 0.0353. The molecule has 9 nitrogen and oxygen atoms in total. The van der Waals surface area contributed by atoms with Crippen molar-refractivity contribution in [2.45, 2.75) is 39.4 Å². The van der Waals surface area contributed by atoms with E-state index >= 15 is 0 Å². The molecule has 0 aliphatic carbocycles. The van der Waals surface area contributed by atoms with Gasteiger partial charge in [-0.25, -0.2) is 9.59 Å². The zero-order valence-corrected chi connectivity index (χ0v) is 20.3. The number of rotatable bonds is 12. The fourth-order valence-corrected chi connectivity index (χ4v) is 3.62. The summed E-state index contributed by atoms with van der Waals surface area (Å²) in [5, 5.41) is 0. The molecular weight excluding hydrogens is 454 g/mol. The van der Waals surface area contributed by atoms with Crippen molar-refractivity contribution in [3.8, 4) is 11.5 Å². The summed E-state index contributed by atoms with van der Waals surface area (Å²) in [6, 6.07) is 14.1. The van der Waals surface area contributed by atoms with Gasteiger partial charge in [0.2, 0.25) is 0 Å². The highest BCUT2D eigenvalue weighted by Crippen LogP contribution is 2.24. The molecule has 1 heterocycles. The van der Waals surface area contributed by atoms with E-state index in [9.17, 15) is 14.4 Å². The summed E-state index contributed by atoms with van der Waals surface area (Å²) in [4.78, 5) is 39.2. The van der Waals surface area contributed by atoms with E-state index in [1.165, 1.54) is 0 Å². The molecule has 2 aromatic carbocycles. The van der Waals surface area contributed by atoms with E-state index in [-0.39, 0.29) is 38.9 Å². The van der Waals surface area contributed by atoms with Crippen LogP contribution in [0.2, 0.25) is 0 Å². The molecule has 1 amide bonds. The van der Waals surface area contributed by atoms with Crippen LogP contribution in [0.1, 0.15) is 43.1 Å². The normalized spacial score (nSPS) is 14.4. The monoisotopic (exact) mass is 485 g/mol. The number of nitrogens with zero attached hydrogens (tertiary/aromatic N) is 1. The van der Waals surface area contributed by atoms with Gasteiger partial charge < -0.3 is 28.6 Å². The summed E-state index contributed by atoms with van der Waals surface area (Å²) in [7, 11) is 0. The van der Waals surface area contributed by atoms with Gasteiger partial charge in [0.05, 0.1) is 18.7 Å². The Morgan fingerprint density at radius 3 is 2.37 bits per heavy atom. The molecule has 35 heavy (non-hydrogen) atoms. The molecule has 0 aromatic heterocycles. The average molecular weight is 486 g/mol. The van der Waals surface area contributed by atoms with Gasteiger partial charge in [0.25, 0.3) is 11.5 Å². The summed E-state index contributed by atoms with van der Waals surface area (Å²) in [5.41, 5.74) is -0.520. The second-order valence-electron chi connectivity index (χ2n) is 7.74. The van der Waals surface area contributed by atoms with Crippen LogP contribution in [-0.4, -0.2) is 61.4 Å². The predicted molar refractivity (Wildman–Crippen MR) is 126 cm³/mol. The van der Waals surface area contributed by atoms with Crippen molar-refractivity contribution in [3.63, 3.8) is 0 Å². The van der Waals surface area contributed by atoms with Gasteiger partial charge in [-0.1, -0.05) is 31.2 Å². The maximum Gasteiger partial charge on any atom is 0.350 e. The van der Waals surface area contributed by atoms with Gasteiger partial charge in [0.15, 0.2) is 6.73 Å². The van der Waals surface area contributed by atoms with Gasteiger partial charge in [-0.15, -0.1) is 0 Å². The van der Waals surface area contributed by atoms with Crippen molar-refractivity contribution >= 4 is 17.8 Å². The topological polar surface area (TPSA) is 101 Å². The first-order chi connectivity index (χ1) is 16.9. The highest BCUT2D eigenvalue weighted by atomic mass is 16.6. The maximum absolute atomic E-state index is 12.7. The molecule has 0 bridgehead atoms. The molecular formula is C26H31NO8. The van der Waals surface area contributed by atoms with E-state index in [1.54, 1.807) is 68.1 Å². The van der Waals surface area contributed by atoms with E-state index in [0.717, 1.165) is 0 Å². The third kappa shape index (κ3) is 6.10. The zero-order valence-electron chi connectivity index (χ0n) is 20.3. The second-order valence-corrected chi connectivity index (χ2v) is 7.74. The van der Waals surface area contributed by atoms with Crippen LogP contribution < -0.4 is 9.47 Å². The van der Waals surface area contributed by atoms with Crippen molar-refractivity contribution in [3.05, 3.63) is 59.7 Å². The molecule has 0 saturated heterocycles. The first-order valence-corrected chi connectivity index (χ1v) is 11.7. The van der Waals surface area contributed by atoms with Crippen LogP contribution in [0.15, 0.2) is 48.5 Å². The number of fused-ring (bicyclic) bond motifs is 1. The molecule has 2 aromatic rings. The molecule has 188 valence electrons. The minimum Gasteiger partial charge on any atom is -0.492 e. The smallest absolute Gasteiger partial charge is 0.350 e. The van der Waals surface area contributed by atoms with Crippen LogP contribution in [0, 0.1) is 0 Å². The van der Waals surface area contributed by atoms with Crippen LogP contribution in [0.5, 0.6) is 11.5 Å². The maximum atomic E-state index is 12.7. The fraction of sp³-hybridized carbons (Fsp3) is 0.423. The Hall–Kier alpha value is -3.59. The Labute approximate surface area is 204 Å². The largest absolute Gasteiger partial charge is 0.492 e.